The fourth-order valence-corrected chi connectivity index (χ4v) is 4.79. The van der Waals surface area contributed by atoms with Gasteiger partial charge in [0, 0.05) is 24.5 Å². The molecular weight excluding hydrogens is 366 g/mol. The van der Waals surface area contributed by atoms with Gasteiger partial charge in [0.25, 0.3) is 0 Å². The van der Waals surface area contributed by atoms with Crippen LogP contribution < -0.4 is 10.6 Å². The molecule has 6 heteroatoms. The Balaban J connectivity index is 0.00000196. The quantitative estimate of drug-likeness (QED) is 0.823. The topological polar surface area (TPSA) is 44.4 Å². The lowest BCUT2D eigenvalue weighted by Gasteiger charge is -2.35. The third-order valence-corrected chi connectivity index (χ3v) is 6.33. The van der Waals surface area contributed by atoms with Crippen LogP contribution in [0.25, 0.3) is 0 Å². The van der Waals surface area contributed by atoms with Gasteiger partial charge in [0.05, 0.1) is 12.1 Å². The van der Waals surface area contributed by atoms with E-state index < -0.39 is 0 Å². The van der Waals surface area contributed by atoms with E-state index >= 15 is 0 Å². The molecule has 0 radical (unpaired) electrons. The van der Waals surface area contributed by atoms with Crippen LogP contribution >= 0.6 is 23.7 Å². The zero-order chi connectivity index (χ0) is 17.1. The SMILES string of the molecule is Cl.O=C(NCC(c1ccccc1)N1CCc2sccc2C1)C1CCCN1. The standard InChI is InChI=1S/C20H25N3OS.ClH/c24-20(17-7-4-10-21-17)22-13-18(15-5-2-1-3-6-15)23-11-8-19-16(14-23)9-12-25-19;/h1-3,5-6,9,12,17-18,21H,4,7-8,10-11,13-14H2,(H,22,24);1H. The monoisotopic (exact) mass is 391 g/mol. The molecule has 1 amide bonds. The first-order valence-electron chi connectivity index (χ1n) is 9.16. The number of carbonyl (C=O) groups is 1. The third kappa shape index (κ3) is 4.29. The van der Waals surface area contributed by atoms with Crippen molar-refractivity contribution in [1.29, 1.82) is 0 Å². The van der Waals surface area contributed by atoms with Crippen molar-refractivity contribution in [2.45, 2.75) is 37.9 Å². The van der Waals surface area contributed by atoms with E-state index in [4.69, 9.17) is 0 Å². The van der Waals surface area contributed by atoms with E-state index in [1.807, 2.05) is 11.3 Å². The van der Waals surface area contributed by atoms with Gasteiger partial charge in [-0.1, -0.05) is 30.3 Å². The largest absolute Gasteiger partial charge is 0.353 e. The zero-order valence-corrected chi connectivity index (χ0v) is 16.5. The lowest BCUT2D eigenvalue weighted by Crippen LogP contribution is -2.45. The number of nitrogens with zero attached hydrogens (tertiary/aromatic N) is 1. The zero-order valence-electron chi connectivity index (χ0n) is 14.8. The van der Waals surface area contributed by atoms with Gasteiger partial charge in [-0.05, 0) is 48.4 Å². The van der Waals surface area contributed by atoms with Crippen LogP contribution in [0.3, 0.4) is 0 Å². The van der Waals surface area contributed by atoms with Crippen molar-refractivity contribution in [3.63, 3.8) is 0 Å². The molecule has 0 bridgehead atoms. The summed E-state index contributed by atoms with van der Waals surface area (Å²) in [6.45, 7) is 3.63. The fourth-order valence-electron chi connectivity index (χ4n) is 3.90. The molecule has 2 N–H and O–H groups in total. The number of rotatable bonds is 5. The third-order valence-electron chi connectivity index (χ3n) is 5.31. The van der Waals surface area contributed by atoms with E-state index in [9.17, 15) is 4.79 Å². The van der Waals surface area contributed by atoms with Gasteiger partial charge in [-0.15, -0.1) is 23.7 Å². The summed E-state index contributed by atoms with van der Waals surface area (Å²) in [4.78, 5) is 16.5. The Morgan fingerprint density at radius 3 is 2.92 bits per heavy atom. The number of nitrogens with one attached hydrogen (secondary N) is 2. The summed E-state index contributed by atoms with van der Waals surface area (Å²) in [6, 6.07) is 13.0. The summed E-state index contributed by atoms with van der Waals surface area (Å²) in [5.74, 6) is 0.145. The second-order valence-corrected chi connectivity index (χ2v) is 7.91. The molecule has 4 rings (SSSR count). The van der Waals surface area contributed by atoms with E-state index in [0.29, 0.717) is 6.54 Å². The molecule has 2 aliphatic rings. The smallest absolute Gasteiger partial charge is 0.237 e. The van der Waals surface area contributed by atoms with Crippen molar-refractivity contribution in [3.8, 4) is 0 Å². The van der Waals surface area contributed by atoms with Crippen LogP contribution in [-0.2, 0) is 17.8 Å². The Morgan fingerprint density at radius 1 is 1.31 bits per heavy atom. The number of hydrogen-bond acceptors (Lipinski definition) is 4. The van der Waals surface area contributed by atoms with Crippen LogP contribution in [0.5, 0.6) is 0 Å². The molecule has 3 heterocycles. The molecule has 140 valence electrons. The molecule has 1 fully saturated rings. The summed E-state index contributed by atoms with van der Waals surface area (Å²) < 4.78 is 0. The Morgan fingerprint density at radius 2 is 2.15 bits per heavy atom. The molecule has 0 aliphatic carbocycles. The van der Waals surface area contributed by atoms with E-state index in [1.54, 1.807) is 0 Å². The second-order valence-electron chi connectivity index (χ2n) is 6.91. The molecule has 1 aromatic heterocycles. The number of benzene rings is 1. The maximum Gasteiger partial charge on any atom is 0.237 e. The summed E-state index contributed by atoms with van der Waals surface area (Å²) in [5.41, 5.74) is 2.72. The molecule has 2 aromatic rings. The van der Waals surface area contributed by atoms with Gasteiger partial charge in [0.2, 0.25) is 5.91 Å². The van der Waals surface area contributed by atoms with Gasteiger partial charge >= 0.3 is 0 Å². The first-order chi connectivity index (χ1) is 12.3. The van der Waals surface area contributed by atoms with Crippen LogP contribution in [0.1, 0.15) is 34.9 Å². The molecule has 1 saturated heterocycles. The average molecular weight is 392 g/mol. The highest BCUT2D eigenvalue weighted by molar-refractivity contribution is 7.10. The number of halogens is 1. The van der Waals surface area contributed by atoms with Crippen LogP contribution in [0.4, 0.5) is 0 Å². The van der Waals surface area contributed by atoms with E-state index in [-0.39, 0.29) is 30.4 Å². The molecule has 0 saturated carbocycles. The minimum atomic E-state index is -0.0127. The lowest BCUT2D eigenvalue weighted by molar-refractivity contribution is -0.123. The highest BCUT2D eigenvalue weighted by Gasteiger charge is 2.27. The van der Waals surface area contributed by atoms with E-state index in [2.05, 4.69) is 57.3 Å². The summed E-state index contributed by atoms with van der Waals surface area (Å²) in [5, 5.41) is 8.68. The van der Waals surface area contributed by atoms with Gasteiger partial charge in [0.1, 0.15) is 0 Å². The minimum Gasteiger partial charge on any atom is -0.353 e. The van der Waals surface area contributed by atoms with Crippen molar-refractivity contribution >= 4 is 29.7 Å². The number of thiophene rings is 1. The fraction of sp³-hybridized carbons (Fsp3) is 0.450. The Bertz CT molecular complexity index is 715. The second kappa shape index (κ2) is 9.00. The van der Waals surface area contributed by atoms with Crippen molar-refractivity contribution in [2.24, 2.45) is 0 Å². The first-order valence-corrected chi connectivity index (χ1v) is 10.0. The lowest BCUT2D eigenvalue weighted by atomic mass is 10.0. The Labute approximate surface area is 165 Å². The van der Waals surface area contributed by atoms with Gasteiger partial charge in [0.15, 0.2) is 0 Å². The van der Waals surface area contributed by atoms with Crippen molar-refractivity contribution in [3.05, 3.63) is 57.8 Å². The van der Waals surface area contributed by atoms with Crippen molar-refractivity contribution < 1.29 is 4.79 Å². The maximum absolute atomic E-state index is 12.4. The minimum absolute atomic E-state index is 0. The van der Waals surface area contributed by atoms with E-state index in [1.165, 1.54) is 16.0 Å². The molecule has 2 unspecified atom stereocenters. The first kappa shape index (κ1) is 19.4. The van der Waals surface area contributed by atoms with Gasteiger partial charge in [-0.25, -0.2) is 0 Å². The molecule has 2 atom stereocenters. The van der Waals surface area contributed by atoms with Crippen molar-refractivity contribution in [1.82, 2.24) is 15.5 Å². The van der Waals surface area contributed by atoms with Gasteiger partial charge in [-0.3, -0.25) is 9.69 Å². The summed E-state index contributed by atoms with van der Waals surface area (Å²) in [7, 11) is 0. The Hall–Kier alpha value is -1.40. The van der Waals surface area contributed by atoms with Crippen LogP contribution in [0, 0.1) is 0 Å². The summed E-state index contributed by atoms with van der Waals surface area (Å²) in [6.07, 6.45) is 3.14. The highest BCUT2D eigenvalue weighted by atomic mass is 35.5. The van der Waals surface area contributed by atoms with Gasteiger partial charge in [-0.2, -0.15) is 0 Å². The van der Waals surface area contributed by atoms with Crippen molar-refractivity contribution in [2.75, 3.05) is 19.6 Å². The average Bonchev–Trinajstić information content (AvgIpc) is 3.34. The normalized spacial score (nSPS) is 20.8. The van der Waals surface area contributed by atoms with Crippen LogP contribution in [0.2, 0.25) is 0 Å². The molecule has 4 nitrogen and oxygen atoms in total. The molecule has 0 spiro atoms. The van der Waals surface area contributed by atoms with Gasteiger partial charge < -0.3 is 10.6 Å². The maximum atomic E-state index is 12.4. The highest BCUT2D eigenvalue weighted by Crippen LogP contribution is 2.30. The number of fused-ring (bicyclic) bond motifs is 1. The van der Waals surface area contributed by atoms with Crippen LogP contribution in [0.15, 0.2) is 41.8 Å². The summed E-state index contributed by atoms with van der Waals surface area (Å²) >= 11 is 1.87. The molecule has 2 aliphatic heterocycles. The molecule has 1 aromatic carbocycles. The number of hydrogen-bond donors (Lipinski definition) is 2. The Kier molecular flexibility index (Phi) is 6.70. The van der Waals surface area contributed by atoms with E-state index in [0.717, 1.165) is 38.9 Å². The molecule has 26 heavy (non-hydrogen) atoms. The predicted octanol–water partition coefficient (Wildman–Crippen LogP) is 3.14. The predicted molar refractivity (Wildman–Crippen MR) is 109 cm³/mol. The van der Waals surface area contributed by atoms with Crippen LogP contribution in [-0.4, -0.2) is 36.5 Å². The molecular formula is C20H26ClN3OS. The number of amides is 1. The number of carbonyl (C=O) groups excluding carboxylic acids is 1.